The van der Waals surface area contributed by atoms with Crippen LogP contribution in [0, 0.1) is 5.41 Å². The zero-order valence-electron chi connectivity index (χ0n) is 9.75. The second-order valence-electron chi connectivity index (χ2n) is 4.03. The van der Waals surface area contributed by atoms with Crippen molar-refractivity contribution in [1.29, 1.82) is 0 Å². The number of carbonyl (C=O) groups is 1. The first kappa shape index (κ1) is 14.0. The molecule has 1 rings (SSSR count). The molecule has 0 saturated heterocycles. The maximum atomic E-state index is 11.8. The summed E-state index contributed by atoms with van der Waals surface area (Å²) in [5.41, 5.74) is -0.708. The number of ether oxygens (including phenoxy) is 1. The van der Waals surface area contributed by atoms with Crippen LogP contribution in [0.15, 0.2) is 6.07 Å². The molecule has 0 unspecified atom stereocenters. The number of alkyl halides is 1. The Morgan fingerprint density at radius 2 is 2.18 bits per heavy atom. The highest BCUT2D eigenvalue weighted by Gasteiger charge is 2.27. The lowest BCUT2D eigenvalue weighted by molar-refractivity contribution is -0.123. The number of amides is 1. The van der Waals surface area contributed by atoms with E-state index >= 15 is 0 Å². The van der Waals surface area contributed by atoms with Crippen molar-refractivity contribution in [3.05, 3.63) is 11.2 Å². The van der Waals surface area contributed by atoms with E-state index in [1.807, 2.05) is 0 Å². The van der Waals surface area contributed by atoms with E-state index in [9.17, 15) is 4.79 Å². The molecule has 0 aliphatic rings. The van der Waals surface area contributed by atoms with Gasteiger partial charge in [-0.15, -0.1) is 11.6 Å². The minimum atomic E-state index is -0.708. The Balaban J connectivity index is 2.88. The summed E-state index contributed by atoms with van der Waals surface area (Å²) >= 11 is 11.4. The van der Waals surface area contributed by atoms with Gasteiger partial charge in [-0.1, -0.05) is 11.6 Å². The van der Waals surface area contributed by atoms with E-state index in [4.69, 9.17) is 27.9 Å². The topological polar surface area (TPSA) is 64.1 Å². The molecule has 7 heteroatoms. The molecule has 1 amide bonds. The zero-order chi connectivity index (χ0) is 13.1. The molecule has 1 N–H and O–H groups in total. The first-order valence-electron chi connectivity index (χ1n) is 4.85. The van der Waals surface area contributed by atoms with Crippen molar-refractivity contribution in [2.24, 2.45) is 5.41 Å². The molecule has 0 saturated carbocycles. The number of halogens is 2. The fourth-order valence-corrected chi connectivity index (χ4v) is 1.18. The van der Waals surface area contributed by atoms with Crippen LogP contribution < -0.4 is 10.1 Å². The summed E-state index contributed by atoms with van der Waals surface area (Å²) in [7, 11) is 1.45. The molecule has 0 aliphatic heterocycles. The van der Waals surface area contributed by atoms with Crippen molar-refractivity contribution in [2.45, 2.75) is 13.8 Å². The second kappa shape index (κ2) is 5.51. The molecule has 0 spiro atoms. The number of nitrogens with one attached hydrogen (secondary N) is 1. The van der Waals surface area contributed by atoms with E-state index < -0.39 is 5.41 Å². The Labute approximate surface area is 109 Å². The Morgan fingerprint density at radius 1 is 1.53 bits per heavy atom. The zero-order valence-corrected chi connectivity index (χ0v) is 11.3. The molecule has 1 aromatic rings. The van der Waals surface area contributed by atoms with Crippen LogP contribution in [0.1, 0.15) is 13.8 Å². The van der Waals surface area contributed by atoms with Gasteiger partial charge in [-0.2, -0.15) is 4.98 Å². The third kappa shape index (κ3) is 3.71. The van der Waals surface area contributed by atoms with E-state index in [2.05, 4.69) is 15.3 Å². The quantitative estimate of drug-likeness (QED) is 0.678. The highest BCUT2D eigenvalue weighted by Crippen LogP contribution is 2.21. The average molecular weight is 278 g/mol. The number of methoxy groups -OCH3 is 1. The fraction of sp³-hybridized carbons (Fsp3) is 0.500. The summed E-state index contributed by atoms with van der Waals surface area (Å²) < 4.78 is 4.92. The first-order chi connectivity index (χ1) is 7.89. The van der Waals surface area contributed by atoms with E-state index in [1.54, 1.807) is 13.8 Å². The maximum Gasteiger partial charge on any atom is 0.234 e. The average Bonchev–Trinajstić information content (AvgIpc) is 2.28. The normalized spacial score (nSPS) is 11.1. The van der Waals surface area contributed by atoms with Crippen LogP contribution in [0.5, 0.6) is 5.88 Å². The number of rotatable bonds is 4. The third-order valence-corrected chi connectivity index (χ3v) is 2.92. The lowest BCUT2D eigenvalue weighted by Crippen LogP contribution is -2.32. The monoisotopic (exact) mass is 277 g/mol. The van der Waals surface area contributed by atoms with Gasteiger partial charge in [0.05, 0.1) is 12.5 Å². The van der Waals surface area contributed by atoms with E-state index in [0.717, 1.165) is 0 Å². The molecule has 0 bridgehead atoms. The second-order valence-corrected chi connectivity index (χ2v) is 4.68. The maximum absolute atomic E-state index is 11.8. The van der Waals surface area contributed by atoms with Crippen molar-refractivity contribution in [1.82, 2.24) is 9.97 Å². The van der Waals surface area contributed by atoms with Gasteiger partial charge in [0.1, 0.15) is 5.15 Å². The molecule has 1 aromatic heterocycles. The third-order valence-electron chi connectivity index (χ3n) is 2.05. The SMILES string of the molecule is COc1cc(Cl)nc(NC(=O)C(C)(C)CCl)n1. The molecule has 0 atom stereocenters. The molecule has 0 radical (unpaired) electrons. The predicted molar refractivity (Wildman–Crippen MR) is 66.7 cm³/mol. The van der Waals surface area contributed by atoms with Gasteiger partial charge in [0.2, 0.25) is 17.7 Å². The van der Waals surface area contributed by atoms with Crippen LogP contribution in [0.3, 0.4) is 0 Å². The summed E-state index contributed by atoms with van der Waals surface area (Å²) in [6.07, 6.45) is 0. The number of carbonyl (C=O) groups excluding carboxylic acids is 1. The van der Waals surface area contributed by atoms with E-state index in [0.29, 0.717) is 0 Å². The minimum absolute atomic E-state index is 0.0949. The Hall–Kier alpha value is -1.07. The van der Waals surface area contributed by atoms with Gasteiger partial charge in [0.15, 0.2) is 0 Å². The number of nitrogens with zero attached hydrogens (tertiary/aromatic N) is 2. The number of hydrogen-bond acceptors (Lipinski definition) is 4. The predicted octanol–water partition coefficient (Wildman–Crippen LogP) is 2.34. The molecule has 0 aliphatic carbocycles. The minimum Gasteiger partial charge on any atom is -0.481 e. The van der Waals surface area contributed by atoms with E-state index in [-0.39, 0.29) is 28.8 Å². The van der Waals surface area contributed by atoms with Crippen molar-refractivity contribution in [3.8, 4) is 5.88 Å². The van der Waals surface area contributed by atoms with E-state index in [1.165, 1.54) is 13.2 Å². The summed E-state index contributed by atoms with van der Waals surface area (Å²) in [4.78, 5) is 19.6. The Morgan fingerprint density at radius 3 is 2.71 bits per heavy atom. The van der Waals surface area contributed by atoms with Gasteiger partial charge in [-0.3, -0.25) is 10.1 Å². The number of hydrogen-bond donors (Lipinski definition) is 1. The first-order valence-corrected chi connectivity index (χ1v) is 5.76. The summed E-state index contributed by atoms with van der Waals surface area (Å²) in [6.45, 7) is 3.44. The van der Waals surface area contributed by atoms with Crippen LogP contribution in [0.4, 0.5) is 5.95 Å². The van der Waals surface area contributed by atoms with Gasteiger partial charge >= 0.3 is 0 Å². The molecule has 5 nitrogen and oxygen atoms in total. The summed E-state index contributed by atoms with van der Waals surface area (Å²) in [5.74, 6) is 0.287. The largest absolute Gasteiger partial charge is 0.481 e. The Kier molecular flexibility index (Phi) is 4.54. The number of aromatic nitrogens is 2. The van der Waals surface area contributed by atoms with Gasteiger partial charge in [0, 0.05) is 11.9 Å². The smallest absolute Gasteiger partial charge is 0.234 e. The van der Waals surface area contributed by atoms with Crippen molar-refractivity contribution >= 4 is 35.1 Å². The summed E-state index contributed by atoms with van der Waals surface area (Å²) in [6, 6.07) is 1.45. The van der Waals surface area contributed by atoms with Crippen LogP contribution in [-0.4, -0.2) is 28.9 Å². The standard InChI is InChI=1S/C10H13Cl2N3O2/c1-10(2,5-11)8(16)15-9-13-6(12)4-7(14-9)17-3/h4H,5H2,1-3H3,(H,13,14,15,16). The molecule has 0 aromatic carbocycles. The van der Waals surface area contributed by atoms with Crippen molar-refractivity contribution < 1.29 is 9.53 Å². The Bertz CT molecular complexity index is 424. The van der Waals surface area contributed by atoms with Gasteiger partial charge in [-0.05, 0) is 13.8 Å². The van der Waals surface area contributed by atoms with Crippen molar-refractivity contribution in [3.63, 3.8) is 0 Å². The fourth-order valence-electron chi connectivity index (χ4n) is 0.889. The van der Waals surface area contributed by atoms with Gasteiger partial charge < -0.3 is 4.74 Å². The molecular formula is C10H13Cl2N3O2. The molecule has 1 heterocycles. The lowest BCUT2D eigenvalue weighted by atomic mass is 9.95. The van der Waals surface area contributed by atoms with Crippen LogP contribution >= 0.6 is 23.2 Å². The number of anilines is 1. The van der Waals surface area contributed by atoms with Crippen LogP contribution in [0.2, 0.25) is 5.15 Å². The molecule has 0 fully saturated rings. The molecule has 94 valence electrons. The van der Waals surface area contributed by atoms with Crippen LogP contribution in [-0.2, 0) is 4.79 Å². The van der Waals surface area contributed by atoms with Crippen LogP contribution in [0.25, 0.3) is 0 Å². The van der Waals surface area contributed by atoms with Crippen molar-refractivity contribution in [2.75, 3.05) is 18.3 Å². The lowest BCUT2D eigenvalue weighted by Gasteiger charge is -2.19. The highest BCUT2D eigenvalue weighted by atomic mass is 35.5. The molecule has 17 heavy (non-hydrogen) atoms. The summed E-state index contributed by atoms with van der Waals surface area (Å²) in [5, 5.41) is 2.73. The van der Waals surface area contributed by atoms with Gasteiger partial charge in [-0.25, -0.2) is 4.98 Å². The van der Waals surface area contributed by atoms with Gasteiger partial charge in [0.25, 0.3) is 0 Å². The molecular weight excluding hydrogens is 265 g/mol. The highest BCUT2D eigenvalue weighted by molar-refractivity contribution is 6.29.